The van der Waals surface area contributed by atoms with E-state index in [2.05, 4.69) is 0 Å². The molecule has 5 nitrogen and oxygen atoms in total. The Labute approximate surface area is 106 Å². The third-order valence-corrected chi connectivity index (χ3v) is 2.54. The summed E-state index contributed by atoms with van der Waals surface area (Å²) in [6.45, 7) is 1.86. The Balaban J connectivity index is 2.71. The Hall–Kier alpha value is -2.04. The summed E-state index contributed by atoms with van der Waals surface area (Å²) in [4.78, 5) is 23.5. The van der Waals surface area contributed by atoms with E-state index in [-0.39, 0.29) is 12.3 Å². The summed E-state index contributed by atoms with van der Waals surface area (Å²) in [5.74, 6) is -0.244. The number of rotatable bonds is 6. The van der Waals surface area contributed by atoms with Gasteiger partial charge in [-0.3, -0.25) is 9.59 Å². The molecule has 1 N–H and O–H groups in total. The van der Waals surface area contributed by atoms with E-state index < -0.39 is 5.97 Å². The van der Waals surface area contributed by atoms with Gasteiger partial charge in [0.25, 0.3) is 0 Å². The number of methoxy groups -OCH3 is 1. The zero-order valence-electron chi connectivity index (χ0n) is 10.5. The Kier molecular flexibility index (Phi) is 5.17. The fraction of sp³-hybridized carbons (Fsp3) is 0.385. The lowest BCUT2D eigenvalue weighted by Crippen LogP contribution is -2.29. The number of carboxylic acids is 1. The van der Waals surface area contributed by atoms with Crippen molar-refractivity contribution in [3.8, 4) is 5.75 Å². The van der Waals surface area contributed by atoms with Crippen molar-refractivity contribution in [2.75, 3.05) is 18.6 Å². The van der Waals surface area contributed by atoms with Gasteiger partial charge >= 0.3 is 5.97 Å². The van der Waals surface area contributed by atoms with Crippen LogP contribution in [0.5, 0.6) is 5.75 Å². The summed E-state index contributed by atoms with van der Waals surface area (Å²) in [5, 5.41) is 8.58. The molecule has 0 unspecified atom stereocenters. The number of benzene rings is 1. The second-order valence-electron chi connectivity index (χ2n) is 3.87. The van der Waals surface area contributed by atoms with Crippen molar-refractivity contribution in [3.05, 3.63) is 24.3 Å². The van der Waals surface area contributed by atoms with Gasteiger partial charge in [-0.05, 0) is 30.7 Å². The first kappa shape index (κ1) is 14.0. The first-order valence-electron chi connectivity index (χ1n) is 5.68. The van der Waals surface area contributed by atoms with Crippen molar-refractivity contribution in [2.24, 2.45) is 0 Å². The number of amides is 1. The molecule has 0 radical (unpaired) electrons. The Morgan fingerprint density at radius 2 is 1.89 bits per heavy atom. The summed E-state index contributed by atoms with van der Waals surface area (Å²) in [7, 11) is 1.57. The molecule has 1 aromatic rings. The molecule has 0 aliphatic carbocycles. The second-order valence-corrected chi connectivity index (χ2v) is 3.87. The monoisotopic (exact) mass is 251 g/mol. The van der Waals surface area contributed by atoms with Crippen LogP contribution in [0, 0.1) is 0 Å². The van der Waals surface area contributed by atoms with Gasteiger partial charge in [-0.15, -0.1) is 0 Å². The van der Waals surface area contributed by atoms with Crippen LogP contribution in [0.15, 0.2) is 24.3 Å². The lowest BCUT2D eigenvalue weighted by molar-refractivity contribution is -0.137. The van der Waals surface area contributed by atoms with Crippen molar-refractivity contribution in [1.29, 1.82) is 0 Å². The molecule has 0 fully saturated rings. The molecular formula is C13H17NO4. The van der Waals surface area contributed by atoms with Crippen molar-refractivity contribution < 1.29 is 19.4 Å². The zero-order chi connectivity index (χ0) is 13.5. The fourth-order valence-electron chi connectivity index (χ4n) is 1.62. The molecule has 5 heteroatoms. The van der Waals surface area contributed by atoms with Crippen LogP contribution in [-0.2, 0) is 9.59 Å². The van der Waals surface area contributed by atoms with E-state index in [0.29, 0.717) is 18.7 Å². The molecule has 1 aromatic carbocycles. The van der Waals surface area contributed by atoms with Crippen LogP contribution < -0.4 is 9.64 Å². The summed E-state index contributed by atoms with van der Waals surface area (Å²) >= 11 is 0. The zero-order valence-corrected chi connectivity index (χ0v) is 10.5. The van der Waals surface area contributed by atoms with Crippen LogP contribution >= 0.6 is 0 Å². The molecule has 18 heavy (non-hydrogen) atoms. The predicted molar refractivity (Wildman–Crippen MR) is 67.9 cm³/mol. The molecule has 1 amide bonds. The largest absolute Gasteiger partial charge is 0.497 e. The van der Waals surface area contributed by atoms with Crippen LogP contribution in [-0.4, -0.2) is 30.6 Å². The number of anilines is 1. The van der Waals surface area contributed by atoms with Crippen molar-refractivity contribution >= 4 is 17.6 Å². The van der Waals surface area contributed by atoms with Crippen LogP contribution in [0.4, 0.5) is 5.69 Å². The van der Waals surface area contributed by atoms with E-state index in [4.69, 9.17) is 9.84 Å². The van der Waals surface area contributed by atoms with Crippen LogP contribution in [0.1, 0.15) is 19.8 Å². The Bertz CT molecular complexity index is 414. The standard InChI is InChI=1S/C13H17NO4/c1-10(15)14(9-3-4-13(16)17)11-5-7-12(18-2)8-6-11/h5-8H,3-4,9H2,1-2H3,(H,16,17). The SMILES string of the molecule is COc1ccc(N(CCCC(=O)O)C(C)=O)cc1. The normalized spacial score (nSPS) is 9.89. The van der Waals surface area contributed by atoms with Gasteiger partial charge in [0.15, 0.2) is 0 Å². The average molecular weight is 251 g/mol. The molecule has 0 heterocycles. The van der Waals surface area contributed by atoms with Gasteiger partial charge in [0.1, 0.15) is 5.75 Å². The Morgan fingerprint density at radius 3 is 2.33 bits per heavy atom. The number of aliphatic carboxylic acids is 1. The van der Waals surface area contributed by atoms with Gasteiger partial charge in [-0.2, -0.15) is 0 Å². The summed E-state index contributed by atoms with van der Waals surface area (Å²) < 4.78 is 5.04. The van der Waals surface area contributed by atoms with Crippen LogP contribution in [0.2, 0.25) is 0 Å². The number of hydrogen-bond acceptors (Lipinski definition) is 3. The molecular weight excluding hydrogens is 234 g/mol. The molecule has 0 aromatic heterocycles. The number of carbonyl (C=O) groups excluding carboxylic acids is 1. The molecule has 0 bridgehead atoms. The lowest BCUT2D eigenvalue weighted by Gasteiger charge is -2.21. The van der Waals surface area contributed by atoms with Gasteiger partial charge in [0.05, 0.1) is 7.11 Å². The highest BCUT2D eigenvalue weighted by Gasteiger charge is 2.11. The summed E-state index contributed by atoms with van der Waals surface area (Å²) in [5.41, 5.74) is 0.744. The van der Waals surface area contributed by atoms with Crippen molar-refractivity contribution in [3.63, 3.8) is 0 Å². The minimum atomic E-state index is -0.853. The van der Waals surface area contributed by atoms with Gasteiger partial charge < -0.3 is 14.7 Å². The lowest BCUT2D eigenvalue weighted by atomic mass is 10.2. The van der Waals surface area contributed by atoms with Crippen molar-refractivity contribution in [1.82, 2.24) is 0 Å². The predicted octanol–water partition coefficient (Wildman–Crippen LogP) is 1.91. The maximum absolute atomic E-state index is 11.5. The average Bonchev–Trinajstić information content (AvgIpc) is 2.34. The first-order valence-corrected chi connectivity index (χ1v) is 5.68. The van der Waals surface area contributed by atoms with Gasteiger partial charge in [0.2, 0.25) is 5.91 Å². The molecule has 0 saturated heterocycles. The quantitative estimate of drug-likeness (QED) is 0.838. The molecule has 1 rings (SSSR count). The molecule has 98 valence electrons. The van der Waals surface area contributed by atoms with E-state index in [1.165, 1.54) is 6.92 Å². The molecule has 0 saturated carbocycles. The van der Waals surface area contributed by atoms with Crippen LogP contribution in [0.3, 0.4) is 0 Å². The maximum Gasteiger partial charge on any atom is 0.303 e. The molecule has 0 aliphatic rings. The number of nitrogens with zero attached hydrogens (tertiary/aromatic N) is 1. The number of carbonyl (C=O) groups is 2. The van der Waals surface area contributed by atoms with E-state index in [1.807, 2.05) is 0 Å². The minimum Gasteiger partial charge on any atom is -0.497 e. The third kappa shape index (κ3) is 4.08. The minimum absolute atomic E-state index is 0.0555. The van der Waals surface area contributed by atoms with Crippen molar-refractivity contribution in [2.45, 2.75) is 19.8 Å². The van der Waals surface area contributed by atoms with Gasteiger partial charge in [-0.1, -0.05) is 0 Å². The second kappa shape index (κ2) is 6.64. The fourth-order valence-corrected chi connectivity index (χ4v) is 1.62. The summed E-state index contributed by atoms with van der Waals surface area (Å²) in [6.07, 6.45) is 0.487. The maximum atomic E-state index is 11.5. The van der Waals surface area contributed by atoms with Crippen LogP contribution in [0.25, 0.3) is 0 Å². The summed E-state index contributed by atoms with van der Waals surface area (Å²) in [6, 6.07) is 7.09. The van der Waals surface area contributed by atoms with E-state index >= 15 is 0 Å². The van der Waals surface area contributed by atoms with E-state index in [9.17, 15) is 9.59 Å². The Morgan fingerprint density at radius 1 is 1.28 bits per heavy atom. The third-order valence-electron chi connectivity index (χ3n) is 2.54. The molecule has 0 aliphatic heterocycles. The highest BCUT2D eigenvalue weighted by atomic mass is 16.5. The highest BCUT2D eigenvalue weighted by Crippen LogP contribution is 2.19. The van der Waals surface area contributed by atoms with Gasteiger partial charge in [-0.25, -0.2) is 0 Å². The van der Waals surface area contributed by atoms with Gasteiger partial charge in [0, 0.05) is 25.6 Å². The number of hydrogen-bond donors (Lipinski definition) is 1. The smallest absolute Gasteiger partial charge is 0.303 e. The molecule has 0 atom stereocenters. The first-order chi connectivity index (χ1) is 8.54. The highest BCUT2D eigenvalue weighted by molar-refractivity contribution is 5.91. The van der Waals surface area contributed by atoms with E-state index in [1.54, 1.807) is 36.3 Å². The number of carboxylic acid groups (broad SMARTS) is 1. The topological polar surface area (TPSA) is 66.8 Å². The molecule has 0 spiro atoms. The van der Waals surface area contributed by atoms with E-state index in [0.717, 1.165) is 5.69 Å². The number of ether oxygens (including phenoxy) is 1.